The van der Waals surface area contributed by atoms with Gasteiger partial charge in [0.15, 0.2) is 42.7 Å². The fraction of sp³-hybridized carbons (Fsp3) is 0.419. The van der Waals surface area contributed by atoms with Crippen LogP contribution in [0.1, 0.15) is 49.5 Å². The van der Waals surface area contributed by atoms with Crippen LogP contribution in [-0.4, -0.2) is 68.5 Å². The van der Waals surface area contributed by atoms with Gasteiger partial charge in [0.05, 0.1) is 57.0 Å². The lowest BCUT2D eigenvalue weighted by Gasteiger charge is -2.21. The monoisotopic (exact) mass is 650 g/mol. The molecule has 0 aliphatic carbocycles. The Morgan fingerprint density at radius 2 is 1.25 bits per heavy atom. The zero-order valence-electron chi connectivity index (χ0n) is 25.4. The summed E-state index contributed by atoms with van der Waals surface area (Å²) in [6.07, 6.45) is 0.842. The van der Waals surface area contributed by atoms with Crippen LogP contribution >= 0.6 is 0 Å². The number of methoxy groups -OCH3 is 4. The second-order valence-corrected chi connectivity index (χ2v) is 14.4. The summed E-state index contributed by atoms with van der Waals surface area (Å²) in [5.41, 5.74) is 1.41. The topological polar surface area (TPSA) is 144 Å². The van der Waals surface area contributed by atoms with Crippen LogP contribution in [0, 0.1) is 0 Å². The number of aromatic hydroxyl groups is 1. The maximum Gasteiger partial charge on any atom is 0.203 e. The average Bonchev–Trinajstić information content (AvgIpc) is 3.50. The van der Waals surface area contributed by atoms with Gasteiger partial charge in [0.25, 0.3) is 0 Å². The number of phenols is 1. The van der Waals surface area contributed by atoms with Gasteiger partial charge < -0.3 is 33.5 Å². The highest BCUT2D eigenvalue weighted by atomic mass is 32.2. The molecule has 1 heterocycles. The van der Waals surface area contributed by atoms with Crippen molar-refractivity contribution in [2.75, 3.05) is 46.6 Å². The van der Waals surface area contributed by atoms with E-state index in [1.807, 2.05) is 12.1 Å². The minimum absolute atomic E-state index is 0.0140. The van der Waals surface area contributed by atoms with Gasteiger partial charge in [-0.15, -0.1) is 0 Å². The molecule has 240 valence electrons. The fourth-order valence-electron chi connectivity index (χ4n) is 5.13. The largest absolute Gasteiger partial charge is 0.508 e. The van der Waals surface area contributed by atoms with Crippen molar-refractivity contribution in [1.29, 1.82) is 0 Å². The van der Waals surface area contributed by atoms with Crippen LogP contribution in [0.2, 0.25) is 0 Å². The molecule has 0 saturated carbocycles. The Morgan fingerprint density at radius 3 is 1.75 bits per heavy atom. The molecule has 44 heavy (non-hydrogen) atoms. The van der Waals surface area contributed by atoms with Gasteiger partial charge in [0.2, 0.25) is 5.75 Å². The molecule has 0 spiro atoms. The molecule has 0 radical (unpaired) electrons. The van der Waals surface area contributed by atoms with E-state index in [-0.39, 0.29) is 45.5 Å². The van der Waals surface area contributed by atoms with Crippen molar-refractivity contribution in [3.05, 3.63) is 59.7 Å². The van der Waals surface area contributed by atoms with Crippen LogP contribution in [0.5, 0.6) is 34.5 Å². The van der Waals surface area contributed by atoms with Crippen LogP contribution in [0.15, 0.2) is 58.3 Å². The summed E-state index contributed by atoms with van der Waals surface area (Å²) in [4.78, 5) is -0.0735. The predicted molar refractivity (Wildman–Crippen MR) is 163 cm³/mol. The second-order valence-electron chi connectivity index (χ2n) is 10.2. The highest BCUT2D eigenvalue weighted by Crippen LogP contribution is 2.48. The standard InChI is InChI=1S/C31H38O11S2/c1-6-14-44(35,36)29-19-21(25-12-11-24(42-25)20-16-26(37-2)30(40-5)27(17-20)38-3)18-28(39-4)31(29)41-13-15-43(33,34)23-9-7-22(32)8-10-23/h7-10,16-19,24-25,32H,6,11-15H2,1-5H3/t24-,25?/m0/s1. The van der Waals surface area contributed by atoms with E-state index >= 15 is 0 Å². The van der Waals surface area contributed by atoms with Crippen molar-refractivity contribution < 1.29 is 50.4 Å². The van der Waals surface area contributed by atoms with Gasteiger partial charge in [0.1, 0.15) is 17.3 Å². The van der Waals surface area contributed by atoms with Crippen LogP contribution in [-0.2, 0) is 24.4 Å². The Balaban J connectivity index is 1.63. The molecule has 13 heteroatoms. The van der Waals surface area contributed by atoms with Crippen LogP contribution < -0.4 is 23.7 Å². The number of sulfone groups is 2. The Bertz CT molecular complexity index is 1640. The van der Waals surface area contributed by atoms with Crippen molar-refractivity contribution in [2.24, 2.45) is 0 Å². The van der Waals surface area contributed by atoms with Crippen molar-refractivity contribution in [2.45, 2.75) is 48.2 Å². The van der Waals surface area contributed by atoms with E-state index in [1.54, 1.807) is 13.0 Å². The Kier molecular flexibility index (Phi) is 10.5. The number of benzene rings is 3. The van der Waals surface area contributed by atoms with Gasteiger partial charge in [-0.05, 0) is 78.9 Å². The van der Waals surface area contributed by atoms with Crippen LogP contribution in [0.25, 0.3) is 0 Å². The summed E-state index contributed by atoms with van der Waals surface area (Å²) < 4.78 is 86.7. The Labute approximate surface area is 258 Å². The molecule has 4 rings (SSSR count). The van der Waals surface area contributed by atoms with Crippen molar-refractivity contribution >= 4 is 19.7 Å². The van der Waals surface area contributed by atoms with Crippen LogP contribution in [0.3, 0.4) is 0 Å². The van der Waals surface area contributed by atoms with E-state index in [0.717, 1.165) is 5.56 Å². The third-order valence-electron chi connectivity index (χ3n) is 7.32. The molecule has 1 aliphatic heterocycles. The zero-order valence-corrected chi connectivity index (χ0v) is 27.0. The predicted octanol–water partition coefficient (Wildman–Crippen LogP) is 5.06. The van der Waals surface area contributed by atoms with E-state index in [4.69, 9.17) is 28.4 Å². The smallest absolute Gasteiger partial charge is 0.203 e. The minimum Gasteiger partial charge on any atom is -0.508 e. The first kappa shape index (κ1) is 33.2. The lowest BCUT2D eigenvalue weighted by Crippen LogP contribution is -2.17. The molecule has 3 aromatic carbocycles. The van der Waals surface area contributed by atoms with E-state index < -0.39 is 31.5 Å². The van der Waals surface area contributed by atoms with Gasteiger partial charge in [0, 0.05) is 0 Å². The van der Waals surface area contributed by atoms with Gasteiger partial charge in [-0.25, -0.2) is 16.8 Å². The summed E-state index contributed by atoms with van der Waals surface area (Å²) in [5, 5.41) is 9.48. The van der Waals surface area contributed by atoms with E-state index in [1.165, 1.54) is 58.8 Å². The molecule has 0 amide bonds. The third kappa shape index (κ3) is 7.16. The highest BCUT2D eigenvalue weighted by Gasteiger charge is 2.33. The molecule has 2 atom stereocenters. The number of ether oxygens (including phenoxy) is 6. The normalized spacial score (nSPS) is 16.8. The number of hydrogen-bond donors (Lipinski definition) is 1. The summed E-state index contributed by atoms with van der Waals surface area (Å²) in [6.45, 7) is 1.43. The number of phenolic OH excluding ortho intramolecular Hbond substituents is 1. The van der Waals surface area contributed by atoms with Crippen LogP contribution in [0.4, 0.5) is 0 Å². The summed E-state index contributed by atoms with van der Waals surface area (Å²) in [5.74, 6) is 0.949. The summed E-state index contributed by atoms with van der Waals surface area (Å²) in [7, 11) is -1.59. The lowest BCUT2D eigenvalue weighted by molar-refractivity contribution is 0.0435. The molecule has 0 aromatic heterocycles. The average molecular weight is 651 g/mol. The Morgan fingerprint density at radius 1 is 0.727 bits per heavy atom. The minimum atomic E-state index is -3.82. The van der Waals surface area contributed by atoms with E-state index in [2.05, 4.69) is 0 Å². The van der Waals surface area contributed by atoms with Gasteiger partial charge in [-0.1, -0.05) is 6.92 Å². The van der Waals surface area contributed by atoms with Gasteiger partial charge >= 0.3 is 0 Å². The number of hydrogen-bond acceptors (Lipinski definition) is 11. The molecule has 1 saturated heterocycles. The van der Waals surface area contributed by atoms with Gasteiger partial charge in [-0.3, -0.25) is 0 Å². The van der Waals surface area contributed by atoms with E-state index in [9.17, 15) is 21.9 Å². The zero-order chi connectivity index (χ0) is 32.1. The molecule has 1 fully saturated rings. The molecule has 3 aromatic rings. The maximum absolute atomic E-state index is 13.4. The lowest BCUT2D eigenvalue weighted by atomic mass is 10.0. The first-order chi connectivity index (χ1) is 21.0. The van der Waals surface area contributed by atoms with Crippen molar-refractivity contribution in [3.8, 4) is 34.5 Å². The summed E-state index contributed by atoms with van der Waals surface area (Å²) >= 11 is 0. The SMILES string of the molecule is CCCS(=O)(=O)c1cc(C2CC[C@@H](c3cc(OC)c(OC)c(OC)c3)O2)cc(OC)c1OCCS(=O)(=O)c1ccc(O)cc1. The molecule has 1 N–H and O–H groups in total. The fourth-order valence-corrected chi connectivity index (χ4v) is 7.73. The molecular weight excluding hydrogens is 612 g/mol. The quantitative estimate of drug-likeness (QED) is 0.250. The maximum atomic E-state index is 13.4. The van der Waals surface area contributed by atoms with Crippen molar-refractivity contribution in [1.82, 2.24) is 0 Å². The second kappa shape index (κ2) is 14.0. The molecule has 1 aliphatic rings. The number of rotatable bonds is 14. The molecule has 11 nitrogen and oxygen atoms in total. The molecule has 1 unspecified atom stereocenters. The third-order valence-corrected chi connectivity index (χ3v) is 10.9. The molecular formula is C31H38O11S2. The van der Waals surface area contributed by atoms with E-state index in [0.29, 0.717) is 42.1 Å². The molecule has 0 bridgehead atoms. The first-order valence-electron chi connectivity index (χ1n) is 14.0. The summed E-state index contributed by atoms with van der Waals surface area (Å²) in [6, 6.07) is 12.0. The van der Waals surface area contributed by atoms with Gasteiger partial charge in [-0.2, -0.15) is 0 Å². The Hall–Kier alpha value is -3.68. The van der Waals surface area contributed by atoms with Crippen molar-refractivity contribution in [3.63, 3.8) is 0 Å². The first-order valence-corrected chi connectivity index (χ1v) is 17.3. The highest BCUT2D eigenvalue weighted by molar-refractivity contribution is 7.91.